The second-order valence-electron chi connectivity index (χ2n) is 3.35. The number of ether oxygens (including phenoxy) is 1. The summed E-state index contributed by atoms with van der Waals surface area (Å²) in [7, 11) is 0. The second-order valence-corrected chi connectivity index (χ2v) is 4.50. The molecule has 0 bridgehead atoms. The number of nitrogens with one attached hydrogen (secondary N) is 1. The van der Waals surface area contributed by atoms with Gasteiger partial charge in [-0.25, -0.2) is 0 Å². The van der Waals surface area contributed by atoms with Gasteiger partial charge >= 0.3 is 11.0 Å². The molecule has 94 valence electrons. The number of rotatable bonds is 6. The summed E-state index contributed by atoms with van der Waals surface area (Å²) >= 11 is 1.09. The first-order chi connectivity index (χ1) is 8.04. The molecular weight excluding hydrogens is 244 g/mol. The van der Waals surface area contributed by atoms with E-state index in [1.165, 1.54) is 6.07 Å². The lowest BCUT2D eigenvalue weighted by atomic mass is 10.3. The maximum atomic E-state index is 11.3. The van der Waals surface area contributed by atoms with E-state index in [0.717, 1.165) is 16.2 Å². The molecule has 1 heterocycles. The van der Waals surface area contributed by atoms with Crippen molar-refractivity contribution in [1.29, 1.82) is 0 Å². The zero-order chi connectivity index (χ0) is 12.8. The number of esters is 1. The van der Waals surface area contributed by atoms with Crippen molar-refractivity contribution in [2.45, 2.75) is 26.4 Å². The Balaban J connectivity index is 2.44. The molecule has 17 heavy (non-hydrogen) atoms. The summed E-state index contributed by atoms with van der Waals surface area (Å²) in [6.07, 6.45) is 0. The Hall–Kier alpha value is -1.47. The standard InChI is InChI=1S/C10H14N2O4S/c1-3-16-10(13)7(2)11-6-8-4-5-9(17-8)12(14)15/h4-5,7,11H,3,6H2,1-2H3. The van der Waals surface area contributed by atoms with Crippen molar-refractivity contribution in [3.8, 4) is 0 Å². The Morgan fingerprint density at radius 3 is 2.88 bits per heavy atom. The van der Waals surface area contributed by atoms with Crippen molar-refractivity contribution in [3.05, 3.63) is 27.1 Å². The molecule has 0 aromatic carbocycles. The summed E-state index contributed by atoms with van der Waals surface area (Å²) in [5.41, 5.74) is 0. The van der Waals surface area contributed by atoms with Crippen LogP contribution in [-0.2, 0) is 16.1 Å². The highest BCUT2D eigenvalue weighted by Gasteiger charge is 2.14. The van der Waals surface area contributed by atoms with E-state index in [1.54, 1.807) is 19.9 Å². The summed E-state index contributed by atoms with van der Waals surface area (Å²) in [5.74, 6) is -0.321. The van der Waals surface area contributed by atoms with Gasteiger partial charge < -0.3 is 4.74 Å². The average Bonchev–Trinajstić information content (AvgIpc) is 2.75. The minimum Gasteiger partial charge on any atom is -0.465 e. The molecule has 0 saturated carbocycles. The van der Waals surface area contributed by atoms with Crippen molar-refractivity contribution in [2.24, 2.45) is 0 Å². The van der Waals surface area contributed by atoms with Crippen molar-refractivity contribution in [3.63, 3.8) is 0 Å². The number of nitro groups is 1. The van der Waals surface area contributed by atoms with Crippen LogP contribution in [0.5, 0.6) is 0 Å². The quantitative estimate of drug-likeness (QED) is 0.477. The van der Waals surface area contributed by atoms with Gasteiger partial charge in [0.05, 0.1) is 11.5 Å². The van der Waals surface area contributed by atoms with E-state index < -0.39 is 11.0 Å². The molecule has 0 aliphatic heterocycles. The number of hydrogen-bond acceptors (Lipinski definition) is 6. The van der Waals surface area contributed by atoms with Crippen LogP contribution < -0.4 is 5.32 Å². The third-order valence-electron chi connectivity index (χ3n) is 2.05. The molecule has 1 aromatic rings. The second kappa shape index (κ2) is 6.31. The van der Waals surface area contributed by atoms with E-state index in [1.807, 2.05) is 0 Å². The summed E-state index contributed by atoms with van der Waals surface area (Å²) in [4.78, 5) is 22.1. The van der Waals surface area contributed by atoms with Crippen LogP contribution in [0.25, 0.3) is 0 Å². The van der Waals surface area contributed by atoms with Crippen LogP contribution in [0.15, 0.2) is 12.1 Å². The van der Waals surface area contributed by atoms with Gasteiger partial charge in [-0.15, -0.1) is 0 Å². The van der Waals surface area contributed by atoms with Crippen LogP contribution in [0.1, 0.15) is 18.7 Å². The fraction of sp³-hybridized carbons (Fsp3) is 0.500. The fourth-order valence-corrected chi connectivity index (χ4v) is 1.93. The normalized spacial score (nSPS) is 12.1. The molecular formula is C10H14N2O4S. The van der Waals surface area contributed by atoms with Gasteiger partial charge in [0.2, 0.25) is 0 Å². The average molecular weight is 258 g/mol. The molecule has 0 amide bonds. The highest BCUT2D eigenvalue weighted by Crippen LogP contribution is 2.23. The van der Waals surface area contributed by atoms with Crippen LogP contribution in [0.2, 0.25) is 0 Å². The number of nitrogens with zero attached hydrogens (tertiary/aromatic N) is 1. The molecule has 0 radical (unpaired) electrons. The van der Waals surface area contributed by atoms with Crippen LogP contribution in [0, 0.1) is 10.1 Å². The highest BCUT2D eigenvalue weighted by molar-refractivity contribution is 7.15. The molecule has 1 unspecified atom stereocenters. The van der Waals surface area contributed by atoms with E-state index in [0.29, 0.717) is 13.2 Å². The lowest BCUT2D eigenvalue weighted by Gasteiger charge is -2.11. The third-order valence-corrected chi connectivity index (χ3v) is 3.09. The molecule has 1 N–H and O–H groups in total. The lowest BCUT2D eigenvalue weighted by molar-refractivity contribution is -0.380. The first kappa shape index (κ1) is 13.6. The lowest BCUT2D eigenvalue weighted by Crippen LogP contribution is -2.34. The molecule has 7 heteroatoms. The van der Waals surface area contributed by atoms with Gasteiger partial charge in [-0.1, -0.05) is 11.3 Å². The molecule has 0 aliphatic rings. The Morgan fingerprint density at radius 1 is 1.65 bits per heavy atom. The summed E-state index contributed by atoms with van der Waals surface area (Å²) in [6.45, 7) is 4.20. The van der Waals surface area contributed by atoms with Gasteiger partial charge in [-0.3, -0.25) is 20.2 Å². The molecule has 6 nitrogen and oxygen atoms in total. The van der Waals surface area contributed by atoms with Crippen molar-refractivity contribution >= 4 is 22.3 Å². The zero-order valence-corrected chi connectivity index (χ0v) is 10.5. The zero-order valence-electron chi connectivity index (χ0n) is 9.63. The van der Waals surface area contributed by atoms with Gasteiger partial charge in [0.25, 0.3) is 0 Å². The van der Waals surface area contributed by atoms with Gasteiger partial charge in [0.1, 0.15) is 6.04 Å². The Morgan fingerprint density at radius 2 is 2.35 bits per heavy atom. The fourth-order valence-electron chi connectivity index (χ4n) is 1.16. The topological polar surface area (TPSA) is 81.5 Å². The minimum absolute atomic E-state index is 0.102. The molecule has 0 spiro atoms. The number of hydrogen-bond donors (Lipinski definition) is 1. The van der Waals surface area contributed by atoms with E-state index in [-0.39, 0.29) is 11.0 Å². The predicted octanol–water partition coefficient (Wildman–Crippen LogP) is 1.70. The molecule has 1 atom stereocenters. The first-order valence-corrected chi connectivity index (χ1v) is 5.99. The molecule has 0 aliphatic carbocycles. The van der Waals surface area contributed by atoms with Gasteiger partial charge in [0, 0.05) is 17.5 Å². The van der Waals surface area contributed by atoms with Crippen LogP contribution in [0.4, 0.5) is 5.00 Å². The van der Waals surface area contributed by atoms with Gasteiger partial charge in [-0.05, 0) is 19.9 Å². The molecule has 0 saturated heterocycles. The van der Waals surface area contributed by atoms with E-state index >= 15 is 0 Å². The Labute approximate surface area is 103 Å². The van der Waals surface area contributed by atoms with Crippen LogP contribution in [0.3, 0.4) is 0 Å². The maximum absolute atomic E-state index is 11.3. The molecule has 1 aromatic heterocycles. The van der Waals surface area contributed by atoms with E-state index in [4.69, 9.17) is 4.74 Å². The summed E-state index contributed by atoms with van der Waals surface area (Å²) in [5, 5.41) is 13.5. The van der Waals surface area contributed by atoms with Gasteiger partial charge in [-0.2, -0.15) is 0 Å². The van der Waals surface area contributed by atoms with Crippen molar-refractivity contribution in [1.82, 2.24) is 5.32 Å². The summed E-state index contributed by atoms with van der Waals surface area (Å²) in [6, 6.07) is 2.71. The monoisotopic (exact) mass is 258 g/mol. The number of thiophene rings is 1. The molecule has 0 fully saturated rings. The Kier molecular flexibility index (Phi) is 5.05. The third kappa shape index (κ3) is 4.12. The van der Waals surface area contributed by atoms with E-state index in [2.05, 4.69) is 5.32 Å². The van der Waals surface area contributed by atoms with Gasteiger partial charge in [0.15, 0.2) is 0 Å². The minimum atomic E-state index is -0.428. The SMILES string of the molecule is CCOC(=O)C(C)NCc1ccc([N+](=O)[O-])s1. The van der Waals surface area contributed by atoms with Crippen LogP contribution >= 0.6 is 11.3 Å². The first-order valence-electron chi connectivity index (χ1n) is 5.17. The highest BCUT2D eigenvalue weighted by atomic mass is 32.1. The van der Waals surface area contributed by atoms with Crippen molar-refractivity contribution < 1.29 is 14.5 Å². The number of carbonyl (C=O) groups excluding carboxylic acids is 1. The number of carbonyl (C=O) groups is 1. The molecule has 1 rings (SSSR count). The predicted molar refractivity (Wildman–Crippen MR) is 63.9 cm³/mol. The van der Waals surface area contributed by atoms with E-state index in [9.17, 15) is 14.9 Å². The maximum Gasteiger partial charge on any atom is 0.324 e. The van der Waals surface area contributed by atoms with Crippen LogP contribution in [-0.4, -0.2) is 23.5 Å². The Bertz CT molecular complexity index is 405. The summed E-state index contributed by atoms with van der Waals surface area (Å²) < 4.78 is 4.83. The van der Waals surface area contributed by atoms with Crippen molar-refractivity contribution in [2.75, 3.05) is 6.61 Å². The smallest absolute Gasteiger partial charge is 0.324 e. The largest absolute Gasteiger partial charge is 0.465 e.